The lowest BCUT2D eigenvalue weighted by molar-refractivity contribution is 0.0603. The average molecular weight is 431 g/mol. The number of carbonyl (C=O) groups is 1. The van der Waals surface area contributed by atoms with E-state index in [9.17, 15) is 4.79 Å². The number of aromatic nitrogens is 3. The Morgan fingerprint density at radius 1 is 1.25 bits per heavy atom. The van der Waals surface area contributed by atoms with Crippen molar-refractivity contribution in [1.82, 2.24) is 15.0 Å². The normalized spacial score (nSPS) is 13.0. The molecule has 1 atom stereocenters. The van der Waals surface area contributed by atoms with Crippen LogP contribution < -0.4 is 5.32 Å². The molecule has 0 saturated heterocycles. The van der Waals surface area contributed by atoms with Gasteiger partial charge in [0.1, 0.15) is 18.0 Å². The fourth-order valence-corrected chi connectivity index (χ4v) is 3.22. The molecule has 0 spiro atoms. The van der Waals surface area contributed by atoms with Gasteiger partial charge < -0.3 is 10.1 Å². The number of amidine groups is 1. The summed E-state index contributed by atoms with van der Waals surface area (Å²) in [6.45, 7) is 9.88. The van der Waals surface area contributed by atoms with Gasteiger partial charge in [0.25, 0.3) is 0 Å². The molecule has 2 heterocycles. The number of aliphatic imine (C=N–C) groups is 2. The second-order valence-electron chi connectivity index (χ2n) is 7.31. The number of esters is 1. The number of hydrogen-bond donors (Lipinski definition) is 1. The first-order valence-corrected chi connectivity index (χ1v) is 10.1. The van der Waals surface area contributed by atoms with E-state index in [0.717, 1.165) is 27.7 Å². The molecule has 0 aliphatic rings. The van der Waals surface area contributed by atoms with E-state index in [1.807, 2.05) is 31.2 Å². The van der Waals surface area contributed by atoms with Gasteiger partial charge >= 0.3 is 5.97 Å². The highest BCUT2D eigenvalue weighted by Crippen LogP contribution is 2.27. The van der Waals surface area contributed by atoms with E-state index in [1.165, 1.54) is 13.4 Å². The Kier molecular flexibility index (Phi) is 7.38. The van der Waals surface area contributed by atoms with Gasteiger partial charge in [0.05, 0.1) is 23.9 Å². The second-order valence-corrected chi connectivity index (χ2v) is 7.31. The molecular weight excluding hydrogens is 404 g/mol. The summed E-state index contributed by atoms with van der Waals surface area (Å²) < 4.78 is 4.90. The summed E-state index contributed by atoms with van der Waals surface area (Å²) in [5.41, 5.74) is 3.99. The third-order valence-corrected chi connectivity index (χ3v) is 5.07. The van der Waals surface area contributed by atoms with Crippen LogP contribution in [0.5, 0.6) is 0 Å². The molecule has 0 bridgehead atoms. The first-order chi connectivity index (χ1) is 15.4. The number of nitrogens with zero attached hydrogens (tertiary/aromatic N) is 5. The molecule has 0 radical (unpaired) electrons. The molecule has 3 aromatic rings. The zero-order valence-electron chi connectivity index (χ0n) is 18.7. The van der Waals surface area contributed by atoms with Crippen molar-refractivity contribution >= 4 is 40.8 Å². The van der Waals surface area contributed by atoms with E-state index in [2.05, 4.69) is 43.9 Å². The van der Waals surface area contributed by atoms with Crippen LogP contribution in [0, 0.1) is 0 Å². The summed E-state index contributed by atoms with van der Waals surface area (Å²) in [6, 6.07) is 9.39. The van der Waals surface area contributed by atoms with E-state index in [4.69, 9.17) is 4.74 Å². The number of para-hydroxylation sites is 1. The smallest absolute Gasteiger partial charge is 0.338 e. The van der Waals surface area contributed by atoms with Crippen LogP contribution in [0.2, 0.25) is 0 Å². The Labute approximate surface area is 187 Å². The van der Waals surface area contributed by atoms with Crippen LogP contribution in [-0.4, -0.2) is 47.1 Å². The summed E-state index contributed by atoms with van der Waals surface area (Å²) in [4.78, 5) is 33.3. The van der Waals surface area contributed by atoms with Crippen LogP contribution in [0.3, 0.4) is 0 Å². The number of rotatable bonds is 7. The lowest BCUT2D eigenvalue weighted by Crippen LogP contribution is -2.12. The van der Waals surface area contributed by atoms with Crippen molar-refractivity contribution in [2.45, 2.75) is 26.7 Å². The number of benzene rings is 1. The molecule has 32 heavy (non-hydrogen) atoms. The number of allylic oxidation sites excluding steroid dienone is 1. The van der Waals surface area contributed by atoms with Gasteiger partial charge in [-0.15, -0.1) is 0 Å². The number of hydrogen-bond acceptors (Lipinski definition) is 7. The lowest BCUT2D eigenvalue weighted by Gasteiger charge is -2.16. The van der Waals surface area contributed by atoms with Crippen molar-refractivity contribution < 1.29 is 9.53 Å². The molecule has 0 unspecified atom stereocenters. The highest BCUT2D eigenvalue weighted by molar-refractivity contribution is 6.04. The highest BCUT2D eigenvalue weighted by atomic mass is 16.5. The van der Waals surface area contributed by atoms with Crippen molar-refractivity contribution in [2.24, 2.45) is 9.98 Å². The fraction of sp³-hybridized carbons (Fsp3) is 0.250. The van der Waals surface area contributed by atoms with Gasteiger partial charge in [-0.3, -0.25) is 4.98 Å². The maximum atomic E-state index is 12.1. The SMILES string of the molecule is C=N/C(C)=N\C=C(/C)c1cc(NC[C@@H](C)c2cccc3c(C(=O)OC)ccnc23)ncn1. The number of carbonyl (C=O) groups excluding carboxylic acids is 1. The van der Waals surface area contributed by atoms with Crippen molar-refractivity contribution in [3.63, 3.8) is 0 Å². The minimum Gasteiger partial charge on any atom is -0.465 e. The molecule has 3 rings (SSSR count). The standard InChI is InChI=1S/C24H26N6O2/c1-15(18-7-6-8-19-20(24(31)32-5)9-10-26-23(18)19)12-28-22-11-21(29-14-30-22)16(2)13-27-17(3)25-4/h6-11,13-15H,4,12H2,1-3,5H3,(H,28,29,30)/b16-13+,27-17-/t15-/m1/s1. The van der Waals surface area contributed by atoms with Crippen LogP contribution in [0.25, 0.3) is 16.5 Å². The minimum absolute atomic E-state index is 0.111. The number of fused-ring (bicyclic) bond motifs is 1. The fourth-order valence-electron chi connectivity index (χ4n) is 3.22. The summed E-state index contributed by atoms with van der Waals surface area (Å²) >= 11 is 0. The summed E-state index contributed by atoms with van der Waals surface area (Å²) in [6.07, 6.45) is 4.86. The highest BCUT2D eigenvalue weighted by Gasteiger charge is 2.16. The van der Waals surface area contributed by atoms with Crippen LogP contribution in [0.4, 0.5) is 5.82 Å². The van der Waals surface area contributed by atoms with Crippen molar-refractivity contribution in [2.75, 3.05) is 19.0 Å². The topological polar surface area (TPSA) is 102 Å². The Bertz CT molecular complexity index is 1200. The lowest BCUT2D eigenvalue weighted by atomic mass is 9.96. The summed E-state index contributed by atoms with van der Waals surface area (Å²) in [5, 5.41) is 4.14. The molecule has 2 aromatic heterocycles. The van der Waals surface area contributed by atoms with Gasteiger partial charge in [0.15, 0.2) is 0 Å². The first kappa shape index (κ1) is 22.7. The molecule has 0 aliphatic heterocycles. The number of anilines is 1. The molecule has 0 saturated carbocycles. The van der Waals surface area contributed by atoms with Gasteiger partial charge in [0.2, 0.25) is 0 Å². The number of nitrogens with one attached hydrogen (secondary N) is 1. The van der Waals surface area contributed by atoms with Gasteiger partial charge in [0, 0.05) is 36.3 Å². The first-order valence-electron chi connectivity index (χ1n) is 10.1. The third-order valence-electron chi connectivity index (χ3n) is 5.07. The maximum absolute atomic E-state index is 12.1. The average Bonchev–Trinajstić information content (AvgIpc) is 2.84. The number of methoxy groups -OCH3 is 1. The van der Waals surface area contributed by atoms with Crippen molar-refractivity contribution in [3.8, 4) is 0 Å². The molecule has 164 valence electrons. The number of ether oxygens (including phenoxy) is 1. The Hall–Kier alpha value is -3.94. The molecule has 0 aliphatic carbocycles. The van der Waals surface area contributed by atoms with Gasteiger partial charge in [-0.2, -0.15) is 0 Å². The summed E-state index contributed by atoms with van der Waals surface area (Å²) in [7, 11) is 1.38. The second kappa shape index (κ2) is 10.4. The zero-order chi connectivity index (χ0) is 23.1. The van der Waals surface area contributed by atoms with Crippen LogP contribution in [0.15, 0.2) is 59.0 Å². The van der Waals surface area contributed by atoms with E-state index < -0.39 is 0 Å². The Balaban J connectivity index is 1.79. The molecule has 0 amide bonds. The van der Waals surface area contributed by atoms with E-state index in [0.29, 0.717) is 23.8 Å². The predicted octanol–water partition coefficient (Wildman–Crippen LogP) is 4.51. The van der Waals surface area contributed by atoms with Crippen LogP contribution in [0.1, 0.15) is 48.3 Å². The van der Waals surface area contributed by atoms with Crippen molar-refractivity contribution in [3.05, 3.63) is 65.9 Å². The monoisotopic (exact) mass is 430 g/mol. The minimum atomic E-state index is -0.374. The largest absolute Gasteiger partial charge is 0.465 e. The molecular formula is C24H26N6O2. The third kappa shape index (κ3) is 5.21. The number of pyridine rings is 1. The van der Waals surface area contributed by atoms with Crippen LogP contribution in [-0.2, 0) is 4.74 Å². The quantitative estimate of drug-likeness (QED) is 0.336. The zero-order valence-corrected chi connectivity index (χ0v) is 18.7. The molecule has 0 fully saturated rings. The molecule has 1 N–H and O–H groups in total. The van der Waals surface area contributed by atoms with Gasteiger partial charge in [-0.1, -0.05) is 25.1 Å². The summed E-state index contributed by atoms with van der Waals surface area (Å²) in [5.74, 6) is 1.03. The maximum Gasteiger partial charge on any atom is 0.338 e. The molecule has 8 heteroatoms. The van der Waals surface area contributed by atoms with Crippen molar-refractivity contribution in [1.29, 1.82) is 0 Å². The van der Waals surface area contributed by atoms with E-state index >= 15 is 0 Å². The van der Waals surface area contributed by atoms with E-state index in [-0.39, 0.29) is 11.9 Å². The van der Waals surface area contributed by atoms with Gasteiger partial charge in [-0.05, 0) is 37.8 Å². The molecule has 1 aromatic carbocycles. The van der Waals surface area contributed by atoms with E-state index in [1.54, 1.807) is 25.4 Å². The van der Waals surface area contributed by atoms with Gasteiger partial charge in [-0.25, -0.2) is 24.7 Å². The van der Waals surface area contributed by atoms with Crippen LogP contribution >= 0.6 is 0 Å². The predicted molar refractivity (Wildman–Crippen MR) is 128 cm³/mol. The molecule has 8 nitrogen and oxygen atoms in total. The Morgan fingerprint density at radius 2 is 2.06 bits per heavy atom. The Morgan fingerprint density at radius 3 is 2.81 bits per heavy atom.